The van der Waals surface area contributed by atoms with Gasteiger partial charge in [0.2, 0.25) is 5.91 Å². The minimum Gasteiger partial charge on any atom is -0.497 e. The molecule has 1 fully saturated rings. The zero-order valence-corrected chi connectivity index (χ0v) is 21.4. The standard InChI is InChI=1S/C26H32F3N3O3S/c1-17(2)32-14-12-18(13-15-32)16-30-25(34)23(21-6-4-5-7-22(21)36-26(27,28)29)31-24(33)19-8-10-20(35-3)11-9-19/h4-11,17-18,23H,12-16H2,1-3H3,(H,30,34)(H,31,33). The normalized spacial score (nSPS) is 16.0. The fourth-order valence-electron chi connectivity index (χ4n) is 4.20. The maximum absolute atomic E-state index is 13.3. The topological polar surface area (TPSA) is 70.7 Å². The summed E-state index contributed by atoms with van der Waals surface area (Å²) < 4.78 is 44.8. The lowest BCUT2D eigenvalue weighted by Crippen LogP contribution is -2.44. The SMILES string of the molecule is COc1ccc(C(=O)NC(C(=O)NCC2CCN(C(C)C)CC2)c2ccccc2SC(F)(F)F)cc1. The van der Waals surface area contributed by atoms with E-state index in [1.54, 1.807) is 18.2 Å². The van der Waals surface area contributed by atoms with Crippen molar-refractivity contribution in [1.82, 2.24) is 15.5 Å². The maximum atomic E-state index is 13.3. The molecule has 2 aromatic carbocycles. The lowest BCUT2D eigenvalue weighted by atomic mass is 9.95. The number of likely N-dealkylation sites (tertiary alicyclic amines) is 1. The van der Waals surface area contributed by atoms with E-state index in [4.69, 9.17) is 4.74 Å². The third-order valence-electron chi connectivity index (χ3n) is 6.29. The van der Waals surface area contributed by atoms with Crippen molar-refractivity contribution >= 4 is 23.6 Å². The third kappa shape index (κ3) is 7.89. The summed E-state index contributed by atoms with van der Waals surface area (Å²) in [5, 5.41) is 5.52. The van der Waals surface area contributed by atoms with Crippen LogP contribution in [0, 0.1) is 5.92 Å². The summed E-state index contributed by atoms with van der Waals surface area (Å²) >= 11 is -0.303. The Morgan fingerprint density at radius 2 is 1.72 bits per heavy atom. The summed E-state index contributed by atoms with van der Waals surface area (Å²) in [5.41, 5.74) is -4.19. The Hall–Kier alpha value is -2.72. The first-order valence-electron chi connectivity index (χ1n) is 11.9. The second-order valence-corrected chi connectivity index (χ2v) is 10.1. The summed E-state index contributed by atoms with van der Waals surface area (Å²) in [5.74, 6) is -0.300. The van der Waals surface area contributed by atoms with Gasteiger partial charge in [0.1, 0.15) is 11.8 Å². The van der Waals surface area contributed by atoms with Crippen molar-refractivity contribution in [2.24, 2.45) is 5.92 Å². The van der Waals surface area contributed by atoms with Crippen LogP contribution >= 0.6 is 11.8 Å². The fraction of sp³-hybridized carbons (Fsp3) is 0.462. The van der Waals surface area contributed by atoms with E-state index in [0.717, 1.165) is 25.9 Å². The van der Waals surface area contributed by atoms with Crippen LogP contribution in [-0.2, 0) is 4.79 Å². The molecule has 3 rings (SSSR count). The Morgan fingerprint density at radius 3 is 2.31 bits per heavy atom. The molecule has 2 amide bonds. The number of alkyl halides is 3. The number of methoxy groups -OCH3 is 1. The third-order valence-corrected chi connectivity index (χ3v) is 7.11. The number of rotatable bonds is 9. The van der Waals surface area contributed by atoms with Crippen molar-refractivity contribution in [3.63, 3.8) is 0 Å². The van der Waals surface area contributed by atoms with Crippen molar-refractivity contribution in [3.05, 3.63) is 59.7 Å². The first kappa shape index (κ1) is 27.9. The number of ether oxygens (including phenoxy) is 1. The van der Waals surface area contributed by atoms with Gasteiger partial charge in [0, 0.05) is 23.0 Å². The number of hydrogen-bond acceptors (Lipinski definition) is 5. The highest BCUT2D eigenvalue weighted by molar-refractivity contribution is 8.00. The number of nitrogens with one attached hydrogen (secondary N) is 2. The lowest BCUT2D eigenvalue weighted by Gasteiger charge is -2.34. The molecule has 196 valence electrons. The van der Waals surface area contributed by atoms with Gasteiger partial charge >= 0.3 is 5.51 Å². The maximum Gasteiger partial charge on any atom is 0.446 e. The highest BCUT2D eigenvalue weighted by atomic mass is 32.2. The molecule has 1 unspecified atom stereocenters. The van der Waals surface area contributed by atoms with Gasteiger partial charge in [0.05, 0.1) is 7.11 Å². The molecular formula is C26H32F3N3O3S. The predicted octanol–water partition coefficient (Wildman–Crippen LogP) is 5.01. The molecule has 0 aromatic heterocycles. The largest absolute Gasteiger partial charge is 0.497 e. The fourth-order valence-corrected chi connectivity index (χ4v) is 4.90. The molecule has 6 nitrogen and oxygen atoms in total. The molecular weight excluding hydrogens is 491 g/mol. The van der Waals surface area contributed by atoms with Crippen LogP contribution in [-0.4, -0.2) is 55.0 Å². The number of hydrogen-bond donors (Lipinski definition) is 2. The van der Waals surface area contributed by atoms with Gasteiger partial charge in [0.15, 0.2) is 0 Å². The van der Waals surface area contributed by atoms with Crippen molar-refractivity contribution < 1.29 is 27.5 Å². The molecule has 36 heavy (non-hydrogen) atoms. The Bertz CT molecular complexity index is 1020. The second kappa shape index (κ2) is 12.5. The predicted molar refractivity (Wildman–Crippen MR) is 134 cm³/mol. The zero-order valence-electron chi connectivity index (χ0n) is 20.6. The molecule has 0 bridgehead atoms. The molecule has 1 atom stereocenters. The number of piperidine rings is 1. The van der Waals surface area contributed by atoms with Crippen LogP contribution in [0.5, 0.6) is 5.75 Å². The van der Waals surface area contributed by atoms with E-state index in [1.165, 1.54) is 37.4 Å². The van der Waals surface area contributed by atoms with Crippen LogP contribution in [0.15, 0.2) is 53.4 Å². The molecule has 0 saturated carbocycles. The van der Waals surface area contributed by atoms with Gasteiger partial charge in [-0.2, -0.15) is 13.2 Å². The van der Waals surface area contributed by atoms with Crippen LogP contribution in [0.2, 0.25) is 0 Å². The van der Waals surface area contributed by atoms with E-state index < -0.39 is 23.4 Å². The number of carbonyl (C=O) groups is 2. The quantitative estimate of drug-likeness (QED) is 0.452. The summed E-state index contributed by atoms with van der Waals surface area (Å²) in [4.78, 5) is 28.5. The van der Waals surface area contributed by atoms with Crippen LogP contribution < -0.4 is 15.4 Å². The summed E-state index contributed by atoms with van der Waals surface area (Å²) in [6, 6.07) is 11.2. The average Bonchev–Trinajstić information content (AvgIpc) is 2.85. The Morgan fingerprint density at radius 1 is 1.08 bits per heavy atom. The minimum absolute atomic E-state index is 0.0915. The van der Waals surface area contributed by atoms with Crippen molar-refractivity contribution in [2.45, 2.75) is 49.2 Å². The summed E-state index contributed by atoms with van der Waals surface area (Å²) in [6.07, 6.45) is 1.84. The Balaban J connectivity index is 1.78. The number of benzene rings is 2. The molecule has 0 spiro atoms. The monoisotopic (exact) mass is 523 g/mol. The molecule has 2 N–H and O–H groups in total. The van der Waals surface area contributed by atoms with Crippen molar-refractivity contribution in [2.75, 3.05) is 26.7 Å². The van der Waals surface area contributed by atoms with E-state index in [2.05, 4.69) is 29.4 Å². The highest BCUT2D eigenvalue weighted by Crippen LogP contribution is 2.40. The molecule has 2 aromatic rings. The van der Waals surface area contributed by atoms with Gasteiger partial charge in [-0.3, -0.25) is 9.59 Å². The minimum atomic E-state index is -4.54. The van der Waals surface area contributed by atoms with Crippen LogP contribution in [0.4, 0.5) is 13.2 Å². The van der Waals surface area contributed by atoms with Crippen molar-refractivity contribution in [3.8, 4) is 5.75 Å². The molecule has 1 aliphatic rings. The number of amides is 2. The van der Waals surface area contributed by atoms with Crippen LogP contribution in [0.25, 0.3) is 0 Å². The highest BCUT2D eigenvalue weighted by Gasteiger charge is 2.34. The van der Waals surface area contributed by atoms with Gasteiger partial charge in [-0.1, -0.05) is 18.2 Å². The number of halogens is 3. The molecule has 1 heterocycles. The van der Waals surface area contributed by atoms with E-state index in [9.17, 15) is 22.8 Å². The molecule has 0 radical (unpaired) electrons. The smallest absolute Gasteiger partial charge is 0.446 e. The van der Waals surface area contributed by atoms with Crippen LogP contribution in [0.1, 0.15) is 48.7 Å². The van der Waals surface area contributed by atoms with E-state index in [1.807, 2.05) is 0 Å². The average molecular weight is 524 g/mol. The van der Waals surface area contributed by atoms with Crippen LogP contribution in [0.3, 0.4) is 0 Å². The Labute approximate surface area is 214 Å². The summed E-state index contributed by atoms with van der Waals surface area (Å²) in [6.45, 7) is 6.55. The van der Waals surface area contributed by atoms with Crippen molar-refractivity contribution in [1.29, 1.82) is 0 Å². The molecule has 10 heteroatoms. The van der Waals surface area contributed by atoms with Gasteiger partial charge in [0.25, 0.3) is 5.91 Å². The number of nitrogens with zero attached hydrogens (tertiary/aromatic N) is 1. The van der Waals surface area contributed by atoms with Gasteiger partial charge in [-0.05, 0) is 93.4 Å². The first-order valence-corrected chi connectivity index (χ1v) is 12.7. The van der Waals surface area contributed by atoms with E-state index in [0.29, 0.717) is 18.3 Å². The second-order valence-electron chi connectivity index (χ2n) is 9.04. The summed E-state index contributed by atoms with van der Waals surface area (Å²) in [7, 11) is 1.50. The van der Waals surface area contributed by atoms with Gasteiger partial charge in [-0.25, -0.2) is 0 Å². The number of carbonyl (C=O) groups excluding carboxylic acids is 2. The van der Waals surface area contributed by atoms with Gasteiger partial charge in [-0.15, -0.1) is 0 Å². The molecule has 0 aliphatic carbocycles. The number of thioether (sulfide) groups is 1. The van der Waals surface area contributed by atoms with Gasteiger partial charge < -0.3 is 20.3 Å². The lowest BCUT2D eigenvalue weighted by molar-refractivity contribution is -0.123. The molecule has 1 saturated heterocycles. The van der Waals surface area contributed by atoms with E-state index >= 15 is 0 Å². The zero-order chi connectivity index (χ0) is 26.3. The van der Waals surface area contributed by atoms with E-state index in [-0.39, 0.29) is 33.7 Å². The first-order chi connectivity index (χ1) is 17.1. The Kier molecular flexibility index (Phi) is 9.67. The molecule has 1 aliphatic heterocycles.